The first-order chi connectivity index (χ1) is 12.8. The van der Waals surface area contributed by atoms with E-state index >= 15 is 0 Å². The van der Waals surface area contributed by atoms with E-state index in [2.05, 4.69) is 11.4 Å². The van der Waals surface area contributed by atoms with Gasteiger partial charge in [0, 0.05) is 23.3 Å². The Labute approximate surface area is 163 Å². The van der Waals surface area contributed by atoms with Gasteiger partial charge < -0.3 is 9.84 Å². The van der Waals surface area contributed by atoms with Gasteiger partial charge in [-0.25, -0.2) is 4.79 Å². The number of esters is 1. The van der Waals surface area contributed by atoms with Crippen molar-refractivity contribution in [2.45, 2.75) is 13.8 Å². The minimum atomic E-state index is -0.393. The number of ether oxygens (including phenoxy) is 1. The zero-order chi connectivity index (χ0) is 21.4. The summed E-state index contributed by atoms with van der Waals surface area (Å²) in [5.41, 5.74) is 1.74. The quantitative estimate of drug-likeness (QED) is 0.370. The van der Waals surface area contributed by atoms with Crippen molar-refractivity contribution in [3.63, 3.8) is 0 Å². The van der Waals surface area contributed by atoms with Gasteiger partial charge in [0.1, 0.15) is 0 Å². The molecule has 0 aromatic heterocycles. The Morgan fingerprint density at radius 2 is 1.11 bits per heavy atom. The van der Waals surface area contributed by atoms with Gasteiger partial charge >= 0.3 is 17.3 Å². The van der Waals surface area contributed by atoms with Gasteiger partial charge in [0.05, 0.1) is 12.7 Å². The average molecular weight is 393 g/mol. The van der Waals surface area contributed by atoms with Crippen LogP contribution in [0.25, 0.3) is 0 Å². The zero-order valence-electron chi connectivity index (χ0n) is 15.5. The number of aliphatic hydroxyl groups excluding tert-OH is 1. The van der Waals surface area contributed by atoms with E-state index in [1.165, 1.54) is 21.0 Å². The van der Waals surface area contributed by atoms with E-state index in [9.17, 15) is 14.4 Å². The molecule has 2 rings (SSSR count). The van der Waals surface area contributed by atoms with Crippen LogP contribution in [0.3, 0.4) is 0 Å². The molecule has 0 spiro atoms. The van der Waals surface area contributed by atoms with Crippen LogP contribution in [0.1, 0.15) is 44.9 Å². The molecule has 0 fully saturated rings. The molecule has 0 saturated heterocycles. The Bertz CT molecular complexity index is 733. The fourth-order valence-electron chi connectivity index (χ4n) is 1.64. The third kappa shape index (κ3) is 10.7. The first-order valence-corrected chi connectivity index (χ1v) is 7.84. The predicted octanol–water partition coefficient (Wildman–Crippen LogP) is 3.79. The first-order valence-electron chi connectivity index (χ1n) is 7.46. The molecule has 0 heterocycles. The standard InChI is InChI=1S/C10H10O3.C8H7ClO.CH4O.CO/c1-7(11)8-3-5-9(6-4-8)10(12)13-2;1-6(10)7-2-4-8(9)5-3-7;2*1-2/h3-6H,1-2H3;2-5H,1H3;2H,1H3;. The third-order valence-electron chi connectivity index (χ3n) is 2.96. The number of Topliss-reactive ketones (excluding diaryl/α,β-unsaturated/α-hetero) is 2. The monoisotopic (exact) mass is 392 g/mol. The number of benzene rings is 2. The molecule has 0 radical (unpaired) electrons. The van der Waals surface area contributed by atoms with Gasteiger partial charge in [0.25, 0.3) is 0 Å². The topological polar surface area (TPSA) is 101 Å². The number of carbonyl (C=O) groups excluding carboxylic acids is 3. The summed E-state index contributed by atoms with van der Waals surface area (Å²) in [6.07, 6.45) is 0. The van der Waals surface area contributed by atoms with Crippen LogP contribution in [0, 0.1) is 6.65 Å². The van der Waals surface area contributed by atoms with Gasteiger partial charge in [0.15, 0.2) is 11.6 Å². The molecular formula is C20H21ClO6. The van der Waals surface area contributed by atoms with E-state index in [1.807, 2.05) is 0 Å². The summed E-state index contributed by atoms with van der Waals surface area (Å²) in [6.45, 7) is 7.51. The molecule has 2 aromatic carbocycles. The second kappa shape index (κ2) is 15.5. The van der Waals surface area contributed by atoms with Crippen molar-refractivity contribution in [2.24, 2.45) is 0 Å². The number of ketones is 2. The molecule has 0 aliphatic rings. The first kappa shape index (κ1) is 26.5. The van der Waals surface area contributed by atoms with Crippen LogP contribution in [0.15, 0.2) is 48.5 Å². The summed E-state index contributed by atoms with van der Waals surface area (Å²) in [7, 11) is 2.32. The maximum absolute atomic E-state index is 11.0. The number of rotatable bonds is 3. The molecule has 27 heavy (non-hydrogen) atoms. The van der Waals surface area contributed by atoms with Gasteiger partial charge in [-0.05, 0) is 50.2 Å². The molecule has 0 atom stereocenters. The summed E-state index contributed by atoms with van der Waals surface area (Å²) in [5.74, 6) is -0.344. The van der Waals surface area contributed by atoms with Crippen molar-refractivity contribution in [1.29, 1.82) is 0 Å². The molecule has 0 saturated carbocycles. The second-order valence-electron chi connectivity index (χ2n) is 4.69. The van der Waals surface area contributed by atoms with Crippen molar-refractivity contribution in [2.75, 3.05) is 14.2 Å². The molecule has 6 nitrogen and oxygen atoms in total. The van der Waals surface area contributed by atoms with Gasteiger partial charge in [0.2, 0.25) is 0 Å². The van der Waals surface area contributed by atoms with Crippen LogP contribution in [0.5, 0.6) is 0 Å². The van der Waals surface area contributed by atoms with Gasteiger partial charge in [-0.15, -0.1) is 0 Å². The number of hydrogen-bond acceptors (Lipinski definition) is 5. The van der Waals surface area contributed by atoms with Crippen molar-refractivity contribution in [3.8, 4) is 0 Å². The molecule has 0 aliphatic carbocycles. The molecule has 0 amide bonds. The van der Waals surface area contributed by atoms with Crippen LogP contribution in [0.2, 0.25) is 5.02 Å². The molecule has 1 N–H and O–H groups in total. The van der Waals surface area contributed by atoms with E-state index in [1.54, 1.807) is 48.5 Å². The molecule has 2 aromatic rings. The Morgan fingerprint density at radius 1 is 0.815 bits per heavy atom. The van der Waals surface area contributed by atoms with Crippen LogP contribution >= 0.6 is 11.6 Å². The average Bonchev–Trinajstić information content (AvgIpc) is 2.71. The molecule has 144 valence electrons. The Morgan fingerprint density at radius 3 is 1.41 bits per heavy atom. The molecule has 0 unspecified atom stereocenters. The number of aliphatic hydroxyl groups is 1. The van der Waals surface area contributed by atoms with Crippen LogP contribution in [-0.4, -0.2) is 36.9 Å². The number of methoxy groups -OCH3 is 1. The van der Waals surface area contributed by atoms with Crippen molar-refractivity contribution in [1.82, 2.24) is 0 Å². The summed E-state index contributed by atoms with van der Waals surface area (Å²) in [5, 5.41) is 7.66. The zero-order valence-corrected chi connectivity index (χ0v) is 16.2. The molecule has 7 heteroatoms. The summed E-state index contributed by atoms with van der Waals surface area (Å²) < 4.78 is 12.0. The number of hydrogen-bond donors (Lipinski definition) is 1. The number of halogens is 1. The summed E-state index contributed by atoms with van der Waals surface area (Å²) in [6, 6.07) is 13.2. The van der Waals surface area contributed by atoms with Gasteiger partial charge in [-0.2, -0.15) is 0 Å². The van der Waals surface area contributed by atoms with Crippen molar-refractivity contribution in [3.05, 3.63) is 76.9 Å². The Kier molecular flexibility index (Phi) is 15.2. The van der Waals surface area contributed by atoms with Crippen LogP contribution in [0.4, 0.5) is 0 Å². The number of carbonyl (C=O) groups is 3. The maximum atomic E-state index is 11.0. The van der Waals surface area contributed by atoms with E-state index < -0.39 is 5.97 Å². The Hall–Kier alpha value is -2.76. The van der Waals surface area contributed by atoms with E-state index in [-0.39, 0.29) is 11.6 Å². The molecule has 0 bridgehead atoms. The fourth-order valence-corrected chi connectivity index (χ4v) is 1.77. The summed E-state index contributed by atoms with van der Waals surface area (Å²) in [4.78, 5) is 32.6. The Balaban J connectivity index is 0. The second-order valence-corrected chi connectivity index (χ2v) is 5.12. The molecular weight excluding hydrogens is 372 g/mol. The fraction of sp³-hybridized carbons (Fsp3) is 0.200. The molecule has 0 aliphatic heterocycles. The van der Waals surface area contributed by atoms with Crippen molar-refractivity contribution < 1.29 is 28.9 Å². The summed E-state index contributed by atoms with van der Waals surface area (Å²) >= 11 is 5.61. The van der Waals surface area contributed by atoms with E-state index in [0.717, 1.165) is 7.11 Å². The normalized spacial score (nSPS) is 8.30. The van der Waals surface area contributed by atoms with Crippen LogP contribution in [-0.2, 0) is 9.39 Å². The third-order valence-corrected chi connectivity index (χ3v) is 3.22. The van der Waals surface area contributed by atoms with Gasteiger partial charge in [-0.3, -0.25) is 9.59 Å². The SMILES string of the molecule is CC(=O)c1ccc(Cl)cc1.CO.COC(=O)c1ccc(C(C)=O)cc1.[C-]#[O+]. The van der Waals surface area contributed by atoms with Crippen LogP contribution < -0.4 is 0 Å². The van der Waals surface area contributed by atoms with E-state index in [0.29, 0.717) is 21.7 Å². The van der Waals surface area contributed by atoms with Crippen molar-refractivity contribution >= 4 is 29.1 Å². The van der Waals surface area contributed by atoms with E-state index in [4.69, 9.17) is 21.4 Å². The van der Waals surface area contributed by atoms with Gasteiger partial charge in [-0.1, -0.05) is 23.7 Å². The predicted molar refractivity (Wildman–Crippen MR) is 101 cm³/mol. The minimum absolute atomic E-state index is 0.0172.